The molecule has 1 aromatic carbocycles. The summed E-state index contributed by atoms with van der Waals surface area (Å²) in [5, 5.41) is 20.4. The average Bonchev–Trinajstić information content (AvgIpc) is 2.41. The Bertz CT molecular complexity index is 482. The van der Waals surface area contributed by atoms with E-state index in [0.29, 0.717) is 6.54 Å². The second kappa shape index (κ2) is 5.28. The van der Waals surface area contributed by atoms with Crippen molar-refractivity contribution < 1.29 is 10.2 Å². The van der Waals surface area contributed by atoms with Crippen LogP contribution in [0.1, 0.15) is 64.0 Å². The normalized spacial score (nSPS) is 19.0. The van der Waals surface area contributed by atoms with Crippen molar-refractivity contribution in [2.24, 2.45) is 5.73 Å². The van der Waals surface area contributed by atoms with Crippen LogP contribution in [0, 0.1) is 0 Å². The van der Waals surface area contributed by atoms with Crippen molar-refractivity contribution in [3.8, 4) is 11.5 Å². The van der Waals surface area contributed by atoms with Crippen molar-refractivity contribution in [2.75, 3.05) is 6.54 Å². The minimum Gasteiger partial charge on any atom is -0.504 e. The lowest BCUT2D eigenvalue weighted by molar-refractivity contribution is 0.286. The van der Waals surface area contributed by atoms with Gasteiger partial charge in [-0.15, -0.1) is 0 Å². The number of benzene rings is 1. The number of aromatic hydroxyl groups is 2. The van der Waals surface area contributed by atoms with Crippen LogP contribution in [0.2, 0.25) is 0 Å². The number of rotatable bonds is 2. The van der Waals surface area contributed by atoms with Gasteiger partial charge in [-0.05, 0) is 29.9 Å². The SMILES string of the molecule is CC(C)(C)c1cc(O)c(O)c(C2(CN)CCCCC2)c1. The van der Waals surface area contributed by atoms with Gasteiger partial charge in [-0.3, -0.25) is 0 Å². The van der Waals surface area contributed by atoms with E-state index < -0.39 is 0 Å². The van der Waals surface area contributed by atoms with Crippen LogP contribution >= 0.6 is 0 Å². The monoisotopic (exact) mass is 277 g/mol. The summed E-state index contributed by atoms with van der Waals surface area (Å²) < 4.78 is 0. The van der Waals surface area contributed by atoms with E-state index in [9.17, 15) is 10.2 Å². The zero-order valence-electron chi connectivity index (χ0n) is 12.9. The average molecular weight is 277 g/mol. The molecule has 0 aromatic heterocycles. The van der Waals surface area contributed by atoms with Gasteiger partial charge in [0, 0.05) is 17.5 Å². The molecule has 0 saturated heterocycles. The Morgan fingerprint density at radius 2 is 1.70 bits per heavy atom. The van der Waals surface area contributed by atoms with Gasteiger partial charge >= 0.3 is 0 Å². The van der Waals surface area contributed by atoms with Crippen molar-refractivity contribution in [1.29, 1.82) is 0 Å². The second-order valence-corrected chi connectivity index (χ2v) is 7.19. The van der Waals surface area contributed by atoms with E-state index in [1.807, 2.05) is 6.07 Å². The quantitative estimate of drug-likeness (QED) is 0.724. The van der Waals surface area contributed by atoms with Gasteiger partial charge in [-0.2, -0.15) is 0 Å². The van der Waals surface area contributed by atoms with Crippen LogP contribution in [0.4, 0.5) is 0 Å². The van der Waals surface area contributed by atoms with Crippen LogP contribution in [0.5, 0.6) is 11.5 Å². The highest BCUT2D eigenvalue weighted by molar-refractivity contribution is 5.52. The van der Waals surface area contributed by atoms with E-state index in [-0.39, 0.29) is 22.3 Å². The van der Waals surface area contributed by atoms with Crippen LogP contribution < -0.4 is 5.73 Å². The summed E-state index contributed by atoms with van der Waals surface area (Å²) in [6.07, 6.45) is 5.48. The summed E-state index contributed by atoms with van der Waals surface area (Å²) in [5.74, 6) is -0.00354. The third kappa shape index (κ3) is 2.64. The van der Waals surface area contributed by atoms with E-state index in [0.717, 1.165) is 36.8 Å². The molecule has 4 N–H and O–H groups in total. The molecule has 20 heavy (non-hydrogen) atoms. The minimum atomic E-state index is -0.179. The molecule has 1 aliphatic rings. The molecule has 0 unspecified atom stereocenters. The smallest absolute Gasteiger partial charge is 0.161 e. The molecular weight excluding hydrogens is 250 g/mol. The van der Waals surface area contributed by atoms with Gasteiger partial charge < -0.3 is 15.9 Å². The molecule has 2 rings (SSSR count). The summed E-state index contributed by atoms with van der Waals surface area (Å²) in [6, 6.07) is 3.72. The summed E-state index contributed by atoms with van der Waals surface area (Å²) in [5.41, 5.74) is 7.69. The number of phenols is 2. The topological polar surface area (TPSA) is 66.5 Å². The highest BCUT2D eigenvalue weighted by Crippen LogP contribution is 2.46. The lowest BCUT2D eigenvalue weighted by atomic mass is 9.68. The zero-order chi connectivity index (χ0) is 15.0. The lowest BCUT2D eigenvalue weighted by Gasteiger charge is -2.38. The molecule has 3 nitrogen and oxygen atoms in total. The van der Waals surface area contributed by atoms with Crippen LogP contribution in [-0.4, -0.2) is 16.8 Å². The molecule has 0 spiro atoms. The highest BCUT2D eigenvalue weighted by atomic mass is 16.3. The Kier molecular flexibility index (Phi) is 4.01. The van der Waals surface area contributed by atoms with Gasteiger partial charge in [-0.25, -0.2) is 0 Å². The molecule has 0 amide bonds. The van der Waals surface area contributed by atoms with Crippen LogP contribution in [0.25, 0.3) is 0 Å². The second-order valence-electron chi connectivity index (χ2n) is 7.19. The molecule has 0 bridgehead atoms. The molecule has 1 saturated carbocycles. The molecule has 1 aliphatic carbocycles. The van der Waals surface area contributed by atoms with E-state index in [2.05, 4.69) is 20.8 Å². The van der Waals surface area contributed by atoms with Crippen molar-refractivity contribution in [3.63, 3.8) is 0 Å². The fourth-order valence-electron chi connectivity index (χ4n) is 3.27. The number of nitrogens with two attached hydrogens (primary N) is 1. The largest absolute Gasteiger partial charge is 0.504 e. The van der Waals surface area contributed by atoms with Gasteiger partial charge in [0.05, 0.1) is 0 Å². The van der Waals surface area contributed by atoms with Gasteiger partial charge in [0.25, 0.3) is 0 Å². The predicted molar refractivity (Wildman–Crippen MR) is 82.3 cm³/mol. The Balaban J connectivity index is 2.57. The fraction of sp³-hybridized carbons (Fsp3) is 0.647. The van der Waals surface area contributed by atoms with Crippen LogP contribution in [0.15, 0.2) is 12.1 Å². The summed E-state index contributed by atoms with van der Waals surface area (Å²) in [6.45, 7) is 6.85. The number of hydrogen-bond acceptors (Lipinski definition) is 3. The lowest BCUT2D eigenvalue weighted by Crippen LogP contribution is -2.37. The maximum absolute atomic E-state index is 10.3. The Morgan fingerprint density at radius 1 is 1.10 bits per heavy atom. The fourth-order valence-corrected chi connectivity index (χ4v) is 3.27. The molecule has 0 heterocycles. The summed E-state index contributed by atoms with van der Waals surface area (Å²) >= 11 is 0. The van der Waals surface area contributed by atoms with E-state index in [1.54, 1.807) is 6.07 Å². The van der Waals surface area contributed by atoms with Crippen molar-refractivity contribution in [1.82, 2.24) is 0 Å². The standard InChI is InChI=1S/C17H27NO2/c1-16(2,3)12-9-13(15(20)14(19)10-12)17(11-18)7-5-4-6-8-17/h9-10,19-20H,4-8,11,18H2,1-3H3. The van der Waals surface area contributed by atoms with Crippen LogP contribution in [-0.2, 0) is 10.8 Å². The van der Waals surface area contributed by atoms with Crippen molar-refractivity contribution >= 4 is 0 Å². The van der Waals surface area contributed by atoms with Gasteiger partial charge in [0.2, 0.25) is 0 Å². The first-order valence-electron chi connectivity index (χ1n) is 7.57. The Morgan fingerprint density at radius 3 is 2.20 bits per heavy atom. The third-order valence-electron chi connectivity index (χ3n) is 4.73. The summed E-state index contributed by atoms with van der Waals surface area (Å²) in [4.78, 5) is 0. The van der Waals surface area contributed by atoms with Crippen molar-refractivity contribution in [2.45, 2.75) is 63.7 Å². The first kappa shape index (κ1) is 15.2. The van der Waals surface area contributed by atoms with Gasteiger partial charge in [-0.1, -0.05) is 46.1 Å². The molecule has 112 valence electrons. The predicted octanol–water partition coefficient (Wildman–Crippen LogP) is 3.56. The van der Waals surface area contributed by atoms with E-state index in [1.165, 1.54) is 6.42 Å². The first-order chi connectivity index (χ1) is 9.30. The van der Waals surface area contributed by atoms with Crippen LogP contribution in [0.3, 0.4) is 0 Å². The number of hydrogen-bond donors (Lipinski definition) is 3. The molecule has 1 aromatic rings. The van der Waals surface area contributed by atoms with Gasteiger partial charge in [0.1, 0.15) is 0 Å². The first-order valence-corrected chi connectivity index (χ1v) is 7.57. The molecule has 3 heteroatoms. The van der Waals surface area contributed by atoms with E-state index in [4.69, 9.17) is 5.73 Å². The Labute approximate surface area is 121 Å². The highest BCUT2D eigenvalue weighted by Gasteiger charge is 2.36. The maximum atomic E-state index is 10.3. The zero-order valence-corrected chi connectivity index (χ0v) is 12.9. The molecule has 0 radical (unpaired) electrons. The van der Waals surface area contributed by atoms with Crippen molar-refractivity contribution in [3.05, 3.63) is 23.3 Å². The molecular formula is C17H27NO2. The molecule has 0 aliphatic heterocycles. The Hall–Kier alpha value is -1.22. The minimum absolute atomic E-state index is 0.0188. The van der Waals surface area contributed by atoms with E-state index >= 15 is 0 Å². The molecule has 1 fully saturated rings. The third-order valence-corrected chi connectivity index (χ3v) is 4.73. The van der Waals surface area contributed by atoms with Gasteiger partial charge in [0.15, 0.2) is 11.5 Å². The maximum Gasteiger partial charge on any atom is 0.161 e. The molecule has 0 atom stereocenters. The summed E-state index contributed by atoms with van der Waals surface area (Å²) in [7, 11) is 0. The number of phenolic OH excluding ortho intramolecular Hbond substituents is 2.